The van der Waals surface area contributed by atoms with Crippen LogP contribution >= 0.6 is 0 Å². The molecule has 1 fully saturated rings. The molecule has 0 bridgehead atoms. The Hall–Kier alpha value is -1.56. The van der Waals surface area contributed by atoms with E-state index in [-0.39, 0.29) is 11.6 Å². The second-order valence-electron chi connectivity index (χ2n) is 3.58. The molecule has 1 aromatic rings. The topological polar surface area (TPSA) is 41.1 Å². The largest absolute Gasteiger partial charge is 0.347 e. The third-order valence-electron chi connectivity index (χ3n) is 2.36. The fourth-order valence-electron chi connectivity index (χ4n) is 1.35. The first-order valence-corrected chi connectivity index (χ1v) is 4.74. The molecule has 0 aliphatic carbocycles. The smallest absolute Gasteiger partial charge is 0.251 e. The molecule has 2 N–H and O–H groups in total. The van der Waals surface area contributed by atoms with Gasteiger partial charge >= 0.3 is 0 Å². The molecule has 0 unspecified atom stereocenters. The lowest BCUT2D eigenvalue weighted by atomic mass is 10.1. The molecule has 0 atom stereocenters. The number of carbonyl (C=O) groups is 1. The first kappa shape index (κ1) is 10.9. The Morgan fingerprint density at radius 2 is 1.81 bits per heavy atom. The lowest BCUT2D eigenvalue weighted by Crippen LogP contribution is -2.56. The first-order chi connectivity index (χ1) is 7.58. The minimum absolute atomic E-state index is 0.0383. The van der Waals surface area contributed by atoms with E-state index in [0.717, 1.165) is 0 Å². The van der Waals surface area contributed by atoms with Gasteiger partial charge < -0.3 is 10.6 Å². The molecular weight excluding hydrogens is 221 g/mol. The number of carbonyl (C=O) groups excluding carboxylic acids is 1. The van der Waals surface area contributed by atoms with Crippen molar-refractivity contribution in [2.45, 2.75) is 6.04 Å². The van der Waals surface area contributed by atoms with Gasteiger partial charge in [-0.05, 0) is 12.1 Å². The normalized spacial score (nSPS) is 15.7. The molecule has 1 aliphatic rings. The van der Waals surface area contributed by atoms with Crippen LogP contribution in [-0.4, -0.2) is 25.0 Å². The van der Waals surface area contributed by atoms with Crippen LogP contribution in [0.2, 0.25) is 0 Å². The molecule has 1 amide bonds. The van der Waals surface area contributed by atoms with Crippen molar-refractivity contribution in [3.63, 3.8) is 0 Å². The number of benzene rings is 1. The highest BCUT2D eigenvalue weighted by molar-refractivity contribution is 5.94. The first-order valence-electron chi connectivity index (χ1n) is 4.74. The van der Waals surface area contributed by atoms with Gasteiger partial charge in [-0.2, -0.15) is 0 Å². The van der Waals surface area contributed by atoms with Crippen LogP contribution in [0.1, 0.15) is 10.4 Å². The highest BCUT2D eigenvalue weighted by Gasteiger charge is 2.21. The Bertz CT molecular complexity index is 409. The molecule has 0 saturated carbocycles. The zero-order valence-electron chi connectivity index (χ0n) is 8.19. The Balaban J connectivity index is 2.16. The molecule has 16 heavy (non-hydrogen) atoms. The van der Waals surface area contributed by atoms with Gasteiger partial charge in [0.1, 0.15) is 0 Å². The van der Waals surface area contributed by atoms with Crippen LogP contribution in [0, 0.1) is 17.5 Å². The maximum Gasteiger partial charge on any atom is 0.251 e. The highest BCUT2D eigenvalue weighted by atomic mass is 19.2. The predicted molar refractivity (Wildman–Crippen MR) is 50.4 cm³/mol. The van der Waals surface area contributed by atoms with Gasteiger partial charge in [-0.25, -0.2) is 13.2 Å². The van der Waals surface area contributed by atoms with Crippen LogP contribution in [0.4, 0.5) is 13.2 Å². The molecule has 2 rings (SSSR count). The van der Waals surface area contributed by atoms with E-state index in [4.69, 9.17) is 0 Å². The zero-order chi connectivity index (χ0) is 11.7. The third kappa shape index (κ3) is 2.01. The van der Waals surface area contributed by atoms with Gasteiger partial charge in [0.2, 0.25) is 0 Å². The van der Waals surface area contributed by atoms with Crippen molar-refractivity contribution < 1.29 is 18.0 Å². The Kier molecular flexibility index (Phi) is 2.82. The van der Waals surface area contributed by atoms with Gasteiger partial charge in [0.25, 0.3) is 5.91 Å². The van der Waals surface area contributed by atoms with Gasteiger partial charge in [0.05, 0.1) is 6.04 Å². The van der Waals surface area contributed by atoms with Crippen LogP contribution in [0.3, 0.4) is 0 Å². The molecule has 0 spiro atoms. The number of rotatable bonds is 2. The van der Waals surface area contributed by atoms with Gasteiger partial charge in [-0.3, -0.25) is 4.79 Å². The molecule has 0 radical (unpaired) electrons. The Morgan fingerprint density at radius 3 is 2.25 bits per heavy atom. The van der Waals surface area contributed by atoms with E-state index < -0.39 is 23.4 Å². The summed E-state index contributed by atoms with van der Waals surface area (Å²) in [4.78, 5) is 11.5. The summed E-state index contributed by atoms with van der Waals surface area (Å²) in [6.07, 6.45) is 0. The second kappa shape index (κ2) is 4.13. The molecule has 0 aromatic heterocycles. The lowest BCUT2D eigenvalue weighted by molar-refractivity contribution is 0.0922. The maximum absolute atomic E-state index is 12.8. The van der Waals surface area contributed by atoms with Crippen LogP contribution in [0.15, 0.2) is 12.1 Å². The quantitative estimate of drug-likeness (QED) is 0.738. The van der Waals surface area contributed by atoms with Crippen LogP contribution in [-0.2, 0) is 0 Å². The summed E-state index contributed by atoms with van der Waals surface area (Å²) in [6, 6.07) is 1.32. The maximum atomic E-state index is 12.8. The van der Waals surface area contributed by atoms with Crippen molar-refractivity contribution in [2.75, 3.05) is 13.1 Å². The Morgan fingerprint density at radius 1 is 1.25 bits per heavy atom. The van der Waals surface area contributed by atoms with E-state index in [1.165, 1.54) is 0 Å². The van der Waals surface area contributed by atoms with Crippen molar-refractivity contribution in [1.82, 2.24) is 10.6 Å². The van der Waals surface area contributed by atoms with E-state index in [1.807, 2.05) is 0 Å². The Labute approximate surface area is 89.6 Å². The van der Waals surface area contributed by atoms with Crippen molar-refractivity contribution in [1.29, 1.82) is 0 Å². The van der Waals surface area contributed by atoms with Gasteiger partial charge in [-0.15, -0.1) is 0 Å². The van der Waals surface area contributed by atoms with E-state index in [9.17, 15) is 18.0 Å². The molecule has 1 aliphatic heterocycles. The summed E-state index contributed by atoms with van der Waals surface area (Å²) in [5.74, 6) is -4.90. The summed E-state index contributed by atoms with van der Waals surface area (Å²) in [5, 5.41) is 5.48. The number of hydrogen-bond donors (Lipinski definition) is 2. The number of nitrogens with one attached hydrogen (secondary N) is 2. The fourth-order valence-corrected chi connectivity index (χ4v) is 1.35. The molecular formula is C10H9F3N2O. The van der Waals surface area contributed by atoms with Crippen molar-refractivity contribution >= 4 is 5.91 Å². The van der Waals surface area contributed by atoms with Crippen molar-refractivity contribution in [3.05, 3.63) is 35.1 Å². The number of hydrogen-bond acceptors (Lipinski definition) is 2. The molecule has 6 heteroatoms. The third-order valence-corrected chi connectivity index (χ3v) is 2.36. The monoisotopic (exact) mass is 230 g/mol. The van der Waals surface area contributed by atoms with E-state index in [1.54, 1.807) is 0 Å². The summed E-state index contributed by atoms with van der Waals surface area (Å²) in [6.45, 7) is 1.25. The van der Waals surface area contributed by atoms with E-state index in [2.05, 4.69) is 10.6 Å². The lowest BCUT2D eigenvalue weighted by Gasteiger charge is -2.27. The minimum atomic E-state index is -1.57. The molecule has 86 valence electrons. The van der Waals surface area contributed by atoms with Crippen molar-refractivity contribution in [2.24, 2.45) is 0 Å². The summed E-state index contributed by atoms with van der Waals surface area (Å²) in [5.41, 5.74) is -0.219. The van der Waals surface area contributed by atoms with Crippen molar-refractivity contribution in [3.8, 4) is 0 Å². The molecule has 1 heterocycles. The molecule has 1 saturated heterocycles. The second-order valence-corrected chi connectivity index (χ2v) is 3.58. The van der Waals surface area contributed by atoms with Crippen LogP contribution in [0.5, 0.6) is 0 Å². The van der Waals surface area contributed by atoms with Gasteiger partial charge in [0.15, 0.2) is 17.5 Å². The summed E-state index contributed by atoms with van der Waals surface area (Å²) in [7, 11) is 0. The van der Waals surface area contributed by atoms with Gasteiger partial charge in [-0.1, -0.05) is 0 Å². The number of halogens is 3. The standard InChI is InChI=1S/C10H9F3N2O/c11-7-1-5(2-8(12)9(7)13)10(16)15-6-3-14-4-6/h1-2,6,14H,3-4H2,(H,15,16). The summed E-state index contributed by atoms with van der Waals surface area (Å²) >= 11 is 0. The average Bonchev–Trinajstić information content (AvgIpc) is 2.19. The zero-order valence-corrected chi connectivity index (χ0v) is 8.19. The number of amides is 1. The predicted octanol–water partition coefficient (Wildman–Crippen LogP) is 0.806. The summed E-state index contributed by atoms with van der Waals surface area (Å²) < 4.78 is 38.3. The fraction of sp³-hybridized carbons (Fsp3) is 0.300. The SMILES string of the molecule is O=C(NC1CNC1)c1cc(F)c(F)c(F)c1. The minimum Gasteiger partial charge on any atom is -0.347 e. The average molecular weight is 230 g/mol. The van der Waals surface area contributed by atoms with Gasteiger partial charge in [0, 0.05) is 18.7 Å². The highest BCUT2D eigenvalue weighted by Crippen LogP contribution is 2.13. The van der Waals surface area contributed by atoms with Crippen LogP contribution < -0.4 is 10.6 Å². The van der Waals surface area contributed by atoms with Crippen LogP contribution in [0.25, 0.3) is 0 Å². The molecule has 3 nitrogen and oxygen atoms in total. The molecule has 1 aromatic carbocycles. The van der Waals surface area contributed by atoms with E-state index >= 15 is 0 Å². The van der Waals surface area contributed by atoms with E-state index in [0.29, 0.717) is 25.2 Å².